The fraction of sp³-hybridized carbons (Fsp3) is 0.533. The molecule has 0 heterocycles. The standard InChI is InChI=1S/C15H22ClN3O/c1-10(2)19(9-15(17)20)14-5-3-4-13(16)12(14)8-18-11-6-7-11/h3-5,10-11,18H,6-9H2,1-2H3,(H2,17,20). The number of amides is 1. The van der Waals surface area contributed by atoms with E-state index >= 15 is 0 Å². The van der Waals surface area contributed by atoms with Gasteiger partial charge >= 0.3 is 0 Å². The van der Waals surface area contributed by atoms with Gasteiger partial charge in [-0.15, -0.1) is 0 Å². The first-order chi connectivity index (χ1) is 9.49. The van der Waals surface area contributed by atoms with E-state index in [1.54, 1.807) is 0 Å². The summed E-state index contributed by atoms with van der Waals surface area (Å²) in [6.07, 6.45) is 2.46. The minimum absolute atomic E-state index is 0.181. The number of benzene rings is 1. The molecule has 1 saturated carbocycles. The third-order valence-electron chi connectivity index (χ3n) is 3.50. The van der Waals surface area contributed by atoms with Crippen LogP contribution in [-0.2, 0) is 11.3 Å². The summed E-state index contributed by atoms with van der Waals surface area (Å²) in [7, 11) is 0. The topological polar surface area (TPSA) is 58.4 Å². The number of hydrogen-bond donors (Lipinski definition) is 2. The Morgan fingerprint density at radius 1 is 1.50 bits per heavy atom. The summed E-state index contributed by atoms with van der Waals surface area (Å²) < 4.78 is 0. The minimum Gasteiger partial charge on any atom is -0.368 e. The molecule has 1 aliphatic carbocycles. The van der Waals surface area contributed by atoms with Gasteiger partial charge in [-0.05, 0) is 38.8 Å². The van der Waals surface area contributed by atoms with Crippen LogP contribution in [0.1, 0.15) is 32.3 Å². The molecule has 0 spiro atoms. The molecule has 0 atom stereocenters. The van der Waals surface area contributed by atoms with Gasteiger partial charge in [0.25, 0.3) is 0 Å². The number of hydrogen-bond acceptors (Lipinski definition) is 3. The van der Waals surface area contributed by atoms with Crippen molar-refractivity contribution in [2.24, 2.45) is 5.73 Å². The average Bonchev–Trinajstić information content (AvgIpc) is 3.18. The highest BCUT2D eigenvalue weighted by Gasteiger charge is 2.23. The van der Waals surface area contributed by atoms with Crippen LogP contribution < -0.4 is 16.0 Å². The highest BCUT2D eigenvalue weighted by molar-refractivity contribution is 6.31. The first-order valence-electron chi connectivity index (χ1n) is 7.04. The third kappa shape index (κ3) is 3.87. The predicted octanol–water partition coefficient (Wildman–Crippen LogP) is 2.29. The number of nitrogens with one attached hydrogen (secondary N) is 1. The molecule has 1 fully saturated rings. The number of rotatable bonds is 7. The predicted molar refractivity (Wildman–Crippen MR) is 83.0 cm³/mol. The normalized spacial score (nSPS) is 14.6. The number of primary amides is 1. The maximum atomic E-state index is 11.3. The molecule has 5 heteroatoms. The lowest BCUT2D eigenvalue weighted by Crippen LogP contribution is -2.39. The van der Waals surface area contributed by atoms with Gasteiger partial charge in [0.2, 0.25) is 5.91 Å². The Hall–Kier alpha value is -1.26. The molecule has 20 heavy (non-hydrogen) atoms. The van der Waals surface area contributed by atoms with Crippen LogP contribution in [0.4, 0.5) is 5.69 Å². The van der Waals surface area contributed by atoms with Crippen LogP contribution in [0.15, 0.2) is 18.2 Å². The van der Waals surface area contributed by atoms with Crippen LogP contribution >= 0.6 is 11.6 Å². The van der Waals surface area contributed by atoms with E-state index in [0.717, 1.165) is 22.8 Å². The second-order valence-corrected chi connectivity index (χ2v) is 5.99. The summed E-state index contributed by atoms with van der Waals surface area (Å²) in [4.78, 5) is 13.3. The second-order valence-electron chi connectivity index (χ2n) is 5.58. The molecular weight excluding hydrogens is 274 g/mol. The van der Waals surface area contributed by atoms with E-state index in [4.69, 9.17) is 17.3 Å². The number of nitrogens with zero attached hydrogens (tertiary/aromatic N) is 1. The Morgan fingerprint density at radius 2 is 2.20 bits per heavy atom. The molecule has 1 aliphatic rings. The fourth-order valence-electron chi connectivity index (χ4n) is 2.24. The van der Waals surface area contributed by atoms with Crippen molar-refractivity contribution in [3.05, 3.63) is 28.8 Å². The van der Waals surface area contributed by atoms with Gasteiger partial charge in [-0.25, -0.2) is 0 Å². The summed E-state index contributed by atoms with van der Waals surface area (Å²) in [5, 5.41) is 4.20. The number of carbonyl (C=O) groups is 1. The Labute approximate surface area is 125 Å². The quantitative estimate of drug-likeness (QED) is 0.811. The molecule has 0 unspecified atom stereocenters. The molecule has 0 radical (unpaired) electrons. The molecule has 0 saturated heterocycles. The fourth-order valence-corrected chi connectivity index (χ4v) is 2.48. The SMILES string of the molecule is CC(C)N(CC(N)=O)c1cccc(Cl)c1CNC1CC1. The first-order valence-corrected chi connectivity index (χ1v) is 7.42. The van der Waals surface area contributed by atoms with E-state index in [0.29, 0.717) is 6.04 Å². The highest BCUT2D eigenvalue weighted by atomic mass is 35.5. The molecule has 1 aromatic carbocycles. The first kappa shape index (κ1) is 15.1. The van der Waals surface area contributed by atoms with Crippen LogP contribution in [-0.4, -0.2) is 24.5 Å². The number of nitrogens with two attached hydrogens (primary N) is 1. The second kappa shape index (κ2) is 6.46. The summed E-state index contributed by atoms with van der Waals surface area (Å²) in [5.41, 5.74) is 7.38. The van der Waals surface area contributed by atoms with Gasteiger partial charge in [0.05, 0.1) is 6.54 Å². The molecule has 2 rings (SSSR count). The maximum Gasteiger partial charge on any atom is 0.236 e. The third-order valence-corrected chi connectivity index (χ3v) is 3.85. The van der Waals surface area contributed by atoms with Crippen LogP contribution in [0.3, 0.4) is 0 Å². The summed E-state index contributed by atoms with van der Waals surface area (Å²) >= 11 is 6.34. The van der Waals surface area contributed by atoms with Gasteiger partial charge in [0.15, 0.2) is 0 Å². The van der Waals surface area contributed by atoms with E-state index in [-0.39, 0.29) is 18.5 Å². The lowest BCUT2D eigenvalue weighted by atomic mass is 10.1. The van der Waals surface area contributed by atoms with Gasteiger partial charge in [0.1, 0.15) is 0 Å². The van der Waals surface area contributed by atoms with Gasteiger partial charge in [-0.1, -0.05) is 17.7 Å². The van der Waals surface area contributed by atoms with Crippen molar-refractivity contribution in [3.63, 3.8) is 0 Å². The Bertz CT molecular complexity index is 486. The maximum absolute atomic E-state index is 11.3. The average molecular weight is 296 g/mol. The Morgan fingerprint density at radius 3 is 2.75 bits per heavy atom. The molecule has 0 aromatic heterocycles. The zero-order valence-corrected chi connectivity index (χ0v) is 12.8. The molecule has 1 amide bonds. The van der Waals surface area contributed by atoms with Crippen molar-refractivity contribution in [3.8, 4) is 0 Å². The molecule has 1 aromatic rings. The van der Waals surface area contributed by atoms with E-state index in [1.807, 2.05) is 36.9 Å². The Balaban J connectivity index is 2.26. The zero-order chi connectivity index (χ0) is 14.7. The van der Waals surface area contributed by atoms with Crippen molar-refractivity contribution >= 4 is 23.2 Å². The number of carbonyl (C=O) groups excluding carboxylic acids is 1. The van der Waals surface area contributed by atoms with Crippen LogP contribution in [0.2, 0.25) is 5.02 Å². The molecule has 0 aliphatic heterocycles. The molecule has 0 bridgehead atoms. The van der Waals surface area contributed by atoms with E-state index in [9.17, 15) is 4.79 Å². The van der Waals surface area contributed by atoms with Gasteiger partial charge in [-0.3, -0.25) is 4.79 Å². The monoisotopic (exact) mass is 295 g/mol. The molecule has 110 valence electrons. The number of halogens is 1. The van der Waals surface area contributed by atoms with Crippen molar-refractivity contribution in [2.45, 2.75) is 45.3 Å². The smallest absolute Gasteiger partial charge is 0.236 e. The summed E-state index contributed by atoms with van der Waals surface area (Å²) in [5.74, 6) is -0.334. The van der Waals surface area contributed by atoms with Crippen LogP contribution in [0.25, 0.3) is 0 Å². The summed E-state index contributed by atoms with van der Waals surface area (Å²) in [6, 6.07) is 6.59. The minimum atomic E-state index is -0.334. The van der Waals surface area contributed by atoms with Crippen LogP contribution in [0, 0.1) is 0 Å². The molecule has 3 N–H and O–H groups in total. The van der Waals surface area contributed by atoms with E-state index in [2.05, 4.69) is 5.32 Å². The molecule has 4 nitrogen and oxygen atoms in total. The van der Waals surface area contributed by atoms with Gasteiger partial charge in [0, 0.05) is 34.9 Å². The van der Waals surface area contributed by atoms with Crippen LogP contribution in [0.5, 0.6) is 0 Å². The van der Waals surface area contributed by atoms with E-state index < -0.39 is 0 Å². The number of anilines is 1. The zero-order valence-electron chi connectivity index (χ0n) is 12.0. The lowest BCUT2D eigenvalue weighted by molar-refractivity contribution is -0.116. The van der Waals surface area contributed by atoms with Gasteiger partial charge in [-0.2, -0.15) is 0 Å². The van der Waals surface area contributed by atoms with E-state index in [1.165, 1.54) is 12.8 Å². The largest absolute Gasteiger partial charge is 0.368 e. The van der Waals surface area contributed by atoms with Crippen molar-refractivity contribution in [2.75, 3.05) is 11.4 Å². The highest BCUT2D eigenvalue weighted by Crippen LogP contribution is 2.30. The Kier molecular flexibility index (Phi) is 4.89. The lowest BCUT2D eigenvalue weighted by Gasteiger charge is -2.30. The van der Waals surface area contributed by atoms with Gasteiger partial charge < -0.3 is 16.0 Å². The molecular formula is C15H22ClN3O. The van der Waals surface area contributed by atoms with Crippen molar-refractivity contribution in [1.29, 1.82) is 0 Å². The summed E-state index contributed by atoms with van der Waals surface area (Å²) in [6.45, 7) is 5.01. The van der Waals surface area contributed by atoms with Crippen molar-refractivity contribution < 1.29 is 4.79 Å². The van der Waals surface area contributed by atoms with Crippen molar-refractivity contribution in [1.82, 2.24) is 5.32 Å².